The van der Waals surface area contributed by atoms with E-state index in [9.17, 15) is 9.59 Å². The van der Waals surface area contributed by atoms with Gasteiger partial charge in [-0.05, 0) is 6.42 Å². The standard InChI is InChI=1S/C20H39NO5/c1-2-3-4-5-6-7-8-9-10-11-12-18(17-19(24)25)20(26)21(13-15-22)14-16-23/h18,22-23H,2-17H2,1H3,(H,24,25). The van der Waals surface area contributed by atoms with Gasteiger partial charge in [-0.25, -0.2) is 0 Å². The zero-order valence-corrected chi connectivity index (χ0v) is 16.5. The van der Waals surface area contributed by atoms with E-state index in [-0.39, 0.29) is 38.6 Å². The molecule has 0 aromatic heterocycles. The third-order valence-corrected chi connectivity index (χ3v) is 4.73. The maximum atomic E-state index is 12.5. The molecule has 26 heavy (non-hydrogen) atoms. The summed E-state index contributed by atoms with van der Waals surface area (Å²) in [6, 6.07) is 0. The molecule has 1 amide bonds. The number of aliphatic hydroxyl groups is 2. The molecule has 0 fully saturated rings. The molecule has 3 N–H and O–H groups in total. The first-order valence-corrected chi connectivity index (χ1v) is 10.3. The first kappa shape index (κ1) is 24.9. The molecule has 6 nitrogen and oxygen atoms in total. The van der Waals surface area contributed by atoms with Crippen LogP contribution < -0.4 is 0 Å². The highest BCUT2D eigenvalue weighted by Crippen LogP contribution is 2.19. The van der Waals surface area contributed by atoms with Crippen molar-refractivity contribution in [1.29, 1.82) is 0 Å². The van der Waals surface area contributed by atoms with Gasteiger partial charge in [-0.2, -0.15) is 0 Å². The number of rotatable bonds is 18. The Morgan fingerprint density at radius 1 is 0.808 bits per heavy atom. The minimum absolute atomic E-state index is 0.132. The largest absolute Gasteiger partial charge is 0.481 e. The summed E-state index contributed by atoms with van der Waals surface area (Å²) in [7, 11) is 0. The highest BCUT2D eigenvalue weighted by molar-refractivity contribution is 5.83. The second-order valence-electron chi connectivity index (χ2n) is 7.04. The van der Waals surface area contributed by atoms with Crippen LogP contribution in [0, 0.1) is 5.92 Å². The lowest BCUT2D eigenvalue weighted by molar-refractivity contribution is -0.145. The number of nitrogens with zero attached hydrogens (tertiary/aromatic N) is 1. The van der Waals surface area contributed by atoms with Crippen molar-refractivity contribution in [2.75, 3.05) is 26.3 Å². The van der Waals surface area contributed by atoms with Gasteiger partial charge in [0.25, 0.3) is 0 Å². The molecule has 0 saturated heterocycles. The number of carbonyl (C=O) groups excluding carboxylic acids is 1. The van der Waals surface area contributed by atoms with Gasteiger partial charge < -0.3 is 20.2 Å². The molecular weight excluding hydrogens is 334 g/mol. The fourth-order valence-corrected chi connectivity index (χ4v) is 3.23. The van der Waals surface area contributed by atoms with Crippen LogP contribution in [0.5, 0.6) is 0 Å². The molecule has 0 aliphatic heterocycles. The van der Waals surface area contributed by atoms with Crippen LogP contribution in [0.3, 0.4) is 0 Å². The number of aliphatic carboxylic acids is 1. The van der Waals surface area contributed by atoms with E-state index < -0.39 is 11.9 Å². The second-order valence-corrected chi connectivity index (χ2v) is 7.04. The van der Waals surface area contributed by atoms with Crippen molar-refractivity contribution in [2.24, 2.45) is 5.92 Å². The van der Waals surface area contributed by atoms with Crippen molar-refractivity contribution in [3.63, 3.8) is 0 Å². The molecule has 0 saturated carbocycles. The summed E-state index contributed by atoms with van der Waals surface area (Å²) < 4.78 is 0. The Hall–Kier alpha value is -1.14. The normalized spacial score (nSPS) is 12.1. The Morgan fingerprint density at radius 3 is 1.69 bits per heavy atom. The van der Waals surface area contributed by atoms with E-state index in [1.807, 2.05) is 0 Å². The summed E-state index contributed by atoms with van der Waals surface area (Å²) in [6.07, 6.45) is 12.3. The first-order chi connectivity index (χ1) is 12.6. The number of carboxylic acids is 1. The zero-order valence-electron chi connectivity index (χ0n) is 16.5. The molecule has 6 heteroatoms. The number of unbranched alkanes of at least 4 members (excludes halogenated alkanes) is 9. The number of carbonyl (C=O) groups is 2. The van der Waals surface area contributed by atoms with Gasteiger partial charge in [0.15, 0.2) is 0 Å². The van der Waals surface area contributed by atoms with Crippen molar-refractivity contribution in [3.8, 4) is 0 Å². The third-order valence-electron chi connectivity index (χ3n) is 4.73. The van der Waals surface area contributed by atoms with Gasteiger partial charge in [0, 0.05) is 19.0 Å². The van der Waals surface area contributed by atoms with Crippen molar-refractivity contribution in [2.45, 2.75) is 84.0 Å². The number of carboxylic acid groups (broad SMARTS) is 1. The van der Waals surface area contributed by atoms with Gasteiger partial charge in [0.05, 0.1) is 19.6 Å². The van der Waals surface area contributed by atoms with E-state index in [1.54, 1.807) is 0 Å². The summed E-state index contributed by atoms with van der Waals surface area (Å²) in [5, 5.41) is 27.2. The number of hydrogen-bond donors (Lipinski definition) is 3. The Labute approximate surface area is 158 Å². The van der Waals surface area contributed by atoms with Gasteiger partial charge in [-0.15, -0.1) is 0 Å². The third kappa shape index (κ3) is 13.1. The Kier molecular flexibility index (Phi) is 16.5. The lowest BCUT2D eigenvalue weighted by Gasteiger charge is -2.25. The van der Waals surface area contributed by atoms with E-state index in [0.29, 0.717) is 6.42 Å². The molecule has 0 radical (unpaired) electrons. The topological polar surface area (TPSA) is 98.1 Å². The molecule has 0 aliphatic rings. The Bertz CT molecular complexity index is 356. The Balaban J connectivity index is 4.10. The van der Waals surface area contributed by atoms with Crippen molar-refractivity contribution < 1.29 is 24.9 Å². The van der Waals surface area contributed by atoms with Crippen LogP contribution in [0.1, 0.15) is 84.0 Å². The predicted molar refractivity (Wildman–Crippen MR) is 103 cm³/mol. The second kappa shape index (κ2) is 17.3. The number of hydrogen-bond acceptors (Lipinski definition) is 4. The summed E-state index contributed by atoms with van der Waals surface area (Å²) >= 11 is 0. The molecule has 0 aromatic carbocycles. The molecule has 0 aromatic rings. The highest BCUT2D eigenvalue weighted by Gasteiger charge is 2.25. The molecule has 1 atom stereocenters. The van der Waals surface area contributed by atoms with Crippen LogP contribution in [0.15, 0.2) is 0 Å². The summed E-state index contributed by atoms with van der Waals surface area (Å²) in [5.41, 5.74) is 0. The fourth-order valence-electron chi connectivity index (χ4n) is 3.23. The minimum atomic E-state index is -0.983. The van der Waals surface area contributed by atoms with Gasteiger partial charge in [-0.3, -0.25) is 9.59 Å². The van der Waals surface area contributed by atoms with Crippen molar-refractivity contribution in [3.05, 3.63) is 0 Å². The Morgan fingerprint density at radius 2 is 1.27 bits per heavy atom. The summed E-state index contributed by atoms with van der Waals surface area (Å²) in [6.45, 7) is 2.10. The van der Waals surface area contributed by atoms with Crippen LogP contribution in [-0.4, -0.2) is 58.4 Å². The van der Waals surface area contributed by atoms with Gasteiger partial charge in [-0.1, -0.05) is 71.1 Å². The molecule has 0 heterocycles. The SMILES string of the molecule is CCCCCCCCCCCCC(CC(=O)O)C(=O)N(CCO)CCO. The highest BCUT2D eigenvalue weighted by atomic mass is 16.4. The molecule has 0 spiro atoms. The van der Waals surface area contributed by atoms with Crippen LogP contribution in [0.2, 0.25) is 0 Å². The van der Waals surface area contributed by atoms with E-state index in [1.165, 1.54) is 49.8 Å². The van der Waals surface area contributed by atoms with Gasteiger partial charge in [0.1, 0.15) is 0 Å². The maximum Gasteiger partial charge on any atom is 0.304 e. The van der Waals surface area contributed by atoms with Crippen LogP contribution >= 0.6 is 0 Å². The monoisotopic (exact) mass is 373 g/mol. The zero-order chi connectivity index (χ0) is 19.6. The van der Waals surface area contributed by atoms with E-state index >= 15 is 0 Å². The quantitative estimate of drug-likeness (QED) is 0.321. The average Bonchev–Trinajstić information content (AvgIpc) is 2.61. The molecule has 0 aliphatic carbocycles. The molecular formula is C20H39NO5. The van der Waals surface area contributed by atoms with E-state index in [2.05, 4.69) is 6.92 Å². The lowest BCUT2D eigenvalue weighted by Crippen LogP contribution is -2.40. The number of aliphatic hydroxyl groups excluding tert-OH is 2. The first-order valence-electron chi connectivity index (χ1n) is 10.3. The maximum absolute atomic E-state index is 12.5. The molecule has 1 unspecified atom stereocenters. The smallest absolute Gasteiger partial charge is 0.304 e. The average molecular weight is 374 g/mol. The number of amides is 1. The molecule has 0 bridgehead atoms. The van der Waals surface area contributed by atoms with Crippen LogP contribution in [0.4, 0.5) is 0 Å². The van der Waals surface area contributed by atoms with Gasteiger partial charge in [0.2, 0.25) is 5.91 Å². The summed E-state index contributed by atoms with van der Waals surface area (Å²) in [4.78, 5) is 24.9. The van der Waals surface area contributed by atoms with Crippen molar-refractivity contribution in [1.82, 2.24) is 4.90 Å². The predicted octanol–water partition coefficient (Wildman–Crippen LogP) is 3.20. The van der Waals surface area contributed by atoms with Crippen LogP contribution in [0.25, 0.3) is 0 Å². The fraction of sp³-hybridized carbons (Fsp3) is 0.900. The summed E-state index contributed by atoms with van der Waals surface area (Å²) in [5.74, 6) is -1.82. The van der Waals surface area contributed by atoms with E-state index in [4.69, 9.17) is 15.3 Å². The van der Waals surface area contributed by atoms with Crippen LogP contribution in [-0.2, 0) is 9.59 Å². The minimum Gasteiger partial charge on any atom is -0.481 e. The lowest BCUT2D eigenvalue weighted by atomic mass is 9.95. The molecule has 0 rings (SSSR count). The van der Waals surface area contributed by atoms with Gasteiger partial charge >= 0.3 is 5.97 Å². The van der Waals surface area contributed by atoms with E-state index in [0.717, 1.165) is 19.3 Å². The molecule has 154 valence electrons. The van der Waals surface area contributed by atoms with Crippen molar-refractivity contribution >= 4 is 11.9 Å².